The van der Waals surface area contributed by atoms with Crippen LogP contribution >= 0.6 is 35.5 Å². The summed E-state index contributed by atoms with van der Waals surface area (Å²) in [5, 5.41) is 5.71. The highest BCUT2D eigenvalue weighted by molar-refractivity contribution is 14.0. The minimum Gasteiger partial charge on any atom is -0.357 e. The van der Waals surface area contributed by atoms with E-state index in [1.165, 1.54) is 16.9 Å². The van der Waals surface area contributed by atoms with Crippen LogP contribution in [0.25, 0.3) is 10.9 Å². The predicted octanol–water partition coefficient (Wildman–Crippen LogP) is 3.49. The molecule has 0 amide bonds. The highest BCUT2D eigenvalue weighted by Gasteiger charge is 2.22. The van der Waals surface area contributed by atoms with Gasteiger partial charge in [-0.1, -0.05) is 25.1 Å². The van der Waals surface area contributed by atoms with Gasteiger partial charge in [0.15, 0.2) is 5.96 Å². The van der Waals surface area contributed by atoms with Crippen molar-refractivity contribution in [2.45, 2.75) is 26.8 Å². The number of hydrogen-bond donors (Lipinski definition) is 2. The minimum absolute atomic E-state index is 0. The molecule has 2 N–H and O–H groups in total. The molecule has 0 saturated carbocycles. The highest BCUT2D eigenvalue weighted by Crippen LogP contribution is 2.19. The highest BCUT2D eigenvalue weighted by atomic mass is 127. The molecule has 1 aliphatic heterocycles. The number of halogens is 1. The summed E-state index contributed by atoms with van der Waals surface area (Å²) < 4.78 is 4.41. The van der Waals surface area contributed by atoms with Crippen molar-refractivity contribution >= 4 is 57.5 Å². The summed E-state index contributed by atoms with van der Waals surface area (Å²) in [5.74, 6) is 1.92. The van der Waals surface area contributed by atoms with E-state index in [1.807, 2.05) is 0 Å². The lowest BCUT2D eigenvalue weighted by molar-refractivity contribution is 0.372. The summed E-state index contributed by atoms with van der Waals surface area (Å²) in [6, 6.07) is 10.5. The van der Waals surface area contributed by atoms with Gasteiger partial charge in [-0.2, -0.15) is 4.37 Å². The first-order chi connectivity index (χ1) is 13.8. The Bertz CT molecular complexity index is 910. The van der Waals surface area contributed by atoms with Gasteiger partial charge in [0, 0.05) is 61.9 Å². The van der Waals surface area contributed by atoms with Crippen LogP contribution in [-0.4, -0.2) is 57.9 Å². The third-order valence-electron chi connectivity index (χ3n) is 4.94. The Hall–Kier alpha value is -1.88. The van der Waals surface area contributed by atoms with Crippen LogP contribution in [-0.2, 0) is 13.0 Å². The van der Waals surface area contributed by atoms with E-state index < -0.39 is 0 Å². The zero-order chi connectivity index (χ0) is 19.3. The Morgan fingerprint density at radius 2 is 2.00 bits per heavy atom. The van der Waals surface area contributed by atoms with Crippen molar-refractivity contribution in [3.8, 4) is 0 Å². The maximum atomic E-state index is 4.87. The minimum atomic E-state index is 0. The molecule has 0 aliphatic carbocycles. The zero-order valence-electron chi connectivity index (χ0n) is 16.9. The zero-order valence-corrected chi connectivity index (χ0v) is 20.0. The number of aromatic nitrogens is 3. The van der Waals surface area contributed by atoms with Gasteiger partial charge < -0.3 is 20.1 Å². The number of anilines is 1. The van der Waals surface area contributed by atoms with Gasteiger partial charge in [0.25, 0.3) is 0 Å². The molecule has 1 saturated heterocycles. The van der Waals surface area contributed by atoms with Gasteiger partial charge in [-0.3, -0.25) is 0 Å². The smallest absolute Gasteiger partial charge is 0.205 e. The summed E-state index contributed by atoms with van der Waals surface area (Å²) in [6.45, 7) is 9.46. The van der Waals surface area contributed by atoms with Gasteiger partial charge in [-0.05, 0) is 24.4 Å². The third kappa shape index (κ3) is 5.19. The summed E-state index contributed by atoms with van der Waals surface area (Å²) >= 11 is 1.51. The lowest BCUT2D eigenvalue weighted by atomic mass is 10.2. The van der Waals surface area contributed by atoms with Crippen LogP contribution in [0.5, 0.6) is 0 Å². The van der Waals surface area contributed by atoms with E-state index in [0.29, 0.717) is 6.54 Å². The van der Waals surface area contributed by atoms with Crippen LogP contribution in [0.15, 0.2) is 35.3 Å². The molecule has 0 radical (unpaired) electrons. The number of rotatable bonds is 5. The van der Waals surface area contributed by atoms with Gasteiger partial charge in [0.1, 0.15) is 5.82 Å². The normalized spacial score (nSPS) is 14.9. The Morgan fingerprint density at radius 1 is 1.21 bits per heavy atom. The second-order valence-electron chi connectivity index (χ2n) is 6.87. The van der Waals surface area contributed by atoms with E-state index in [0.717, 1.165) is 67.3 Å². The summed E-state index contributed by atoms with van der Waals surface area (Å²) in [7, 11) is 0. The Kier molecular flexibility index (Phi) is 7.70. The standard InChI is InChI=1S/C20H27N7S.HI/c1-3-18-24-20(28-25-18)27-11-9-26(10-12-27)19(21-4-2)22-14-16-13-15-7-5-6-8-17(15)23-16;/h5-8,13,23H,3-4,9-12,14H2,1-2H3,(H,21,22);1H. The topological polar surface area (TPSA) is 72.4 Å². The van der Waals surface area contributed by atoms with Gasteiger partial charge in [0.2, 0.25) is 5.13 Å². The molecular formula is C20H28IN7S. The van der Waals surface area contributed by atoms with E-state index in [2.05, 4.69) is 73.6 Å². The number of nitrogens with one attached hydrogen (secondary N) is 2. The van der Waals surface area contributed by atoms with Crippen LogP contribution in [0.4, 0.5) is 5.13 Å². The van der Waals surface area contributed by atoms with Crippen LogP contribution in [0.1, 0.15) is 25.4 Å². The quantitative estimate of drug-likeness (QED) is 0.303. The Labute approximate surface area is 192 Å². The molecule has 1 fully saturated rings. The number of aryl methyl sites for hydroxylation is 1. The van der Waals surface area contributed by atoms with E-state index in [4.69, 9.17) is 4.99 Å². The first kappa shape index (κ1) is 21.8. The lowest BCUT2D eigenvalue weighted by Gasteiger charge is -2.36. The molecule has 156 valence electrons. The number of nitrogens with zero attached hydrogens (tertiary/aromatic N) is 5. The predicted molar refractivity (Wildman–Crippen MR) is 132 cm³/mol. The summed E-state index contributed by atoms with van der Waals surface area (Å²) in [6.07, 6.45) is 0.890. The average molecular weight is 525 g/mol. The SMILES string of the molecule is CCNC(=NCc1cc2ccccc2[nH]1)N1CCN(c2nc(CC)ns2)CC1.I. The molecule has 3 aromatic rings. The van der Waals surface area contributed by atoms with Crippen molar-refractivity contribution in [2.24, 2.45) is 4.99 Å². The van der Waals surface area contributed by atoms with Gasteiger partial charge >= 0.3 is 0 Å². The van der Waals surface area contributed by atoms with Crippen LogP contribution in [0.3, 0.4) is 0 Å². The number of hydrogen-bond acceptors (Lipinski definition) is 5. The van der Waals surface area contributed by atoms with Crippen LogP contribution in [0.2, 0.25) is 0 Å². The summed E-state index contributed by atoms with van der Waals surface area (Å²) in [4.78, 5) is 17.6. The number of aromatic amines is 1. The van der Waals surface area contributed by atoms with E-state index in [-0.39, 0.29) is 24.0 Å². The molecule has 2 aromatic heterocycles. The number of para-hydroxylation sites is 1. The number of fused-ring (bicyclic) bond motifs is 1. The Balaban J connectivity index is 0.00000240. The molecule has 0 spiro atoms. The molecule has 7 nitrogen and oxygen atoms in total. The second kappa shape index (κ2) is 10.2. The molecule has 0 bridgehead atoms. The molecular weight excluding hydrogens is 497 g/mol. The van der Waals surface area contributed by atoms with Crippen molar-refractivity contribution in [3.05, 3.63) is 41.9 Å². The fourth-order valence-corrected chi connectivity index (χ4v) is 4.23. The third-order valence-corrected chi connectivity index (χ3v) is 5.76. The van der Waals surface area contributed by atoms with Gasteiger partial charge in [0.05, 0.1) is 6.54 Å². The number of H-pyrrole nitrogens is 1. The van der Waals surface area contributed by atoms with E-state index in [9.17, 15) is 0 Å². The average Bonchev–Trinajstić information content (AvgIpc) is 3.38. The number of benzene rings is 1. The maximum absolute atomic E-state index is 4.87. The van der Waals surface area contributed by atoms with Gasteiger partial charge in [-0.15, -0.1) is 24.0 Å². The molecule has 0 unspecified atom stereocenters. The number of guanidine groups is 1. The van der Waals surface area contributed by atoms with Crippen LogP contribution in [0, 0.1) is 0 Å². The molecule has 0 atom stereocenters. The largest absolute Gasteiger partial charge is 0.357 e. The number of piperazine rings is 1. The lowest BCUT2D eigenvalue weighted by Crippen LogP contribution is -2.52. The number of aliphatic imine (C=N–C) groups is 1. The fraction of sp³-hybridized carbons (Fsp3) is 0.450. The summed E-state index contributed by atoms with van der Waals surface area (Å²) in [5.41, 5.74) is 2.30. The van der Waals surface area contributed by atoms with Crippen LogP contribution < -0.4 is 10.2 Å². The van der Waals surface area contributed by atoms with E-state index in [1.54, 1.807) is 0 Å². The monoisotopic (exact) mass is 525 g/mol. The first-order valence-corrected chi connectivity index (χ1v) is 10.7. The van der Waals surface area contributed by atoms with Crippen molar-refractivity contribution in [1.29, 1.82) is 0 Å². The van der Waals surface area contributed by atoms with Crippen molar-refractivity contribution in [2.75, 3.05) is 37.6 Å². The molecule has 3 heterocycles. The molecule has 29 heavy (non-hydrogen) atoms. The Morgan fingerprint density at radius 3 is 2.69 bits per heavy atom. The maximum Gasteiger partial charge on any atom is 0.205 e. The fourth-order valence-electron chi connectivity index (χ4n) is 3.43. The van der Waals surface area contributed by atoms with Crippen molar-refractivity contribution in [3.63, 3.8) is 0 Å². The molecule has 9 heteroatoms. The second-order valence-corrected chi connectivity index (χ2v) is 7.60. The molecule has 1 aliphatic rings. The van der Waals surface area contributed by atoms with Gasteiger partial charge in [-0.25, -0.2) is 9.98 Å². The molecule has 1 aromatic carbocycles. The van der Waals surface area contributed by atoms with Crippen molar-refractivity contribution < 1.29 is 0 Å². The van der Waals surface area contributed by atoms with E-state index >= 15 is 0 Å². The van der Waals surface area contributed by atoms with Crippen molar-refractivity contribution in [1.82, 2.24) is 24.6 Å². The molecule has 4 rings (SSSR count). The first-order valence-electron chi connectivity index (χ1n) is 9.94.